The summed E-state index contributed by atoms with van der Waals surface area (Å²) in [5.41, 5.74) is 2.16. The zero-order valence-corrected chi connectivity index (χ0v) is 21.4. The lowest BCUT2D eigenvalue weighted by Crippen LogP contribution is -2.55. The number of pyridine rings is 1. The monoisotopic (exact) mass is 520 g/mol. The second kappa shape index (κ2) is 9.04. The number of likely N-dealkylation sites (N-methyl/N-ethyl adjacent to an activating group) is 1. The zero-order valence-electron chi connectivity index (χ0n) is 20.6. The lowest BCUT2D eigenvalue weighted by atomic mass is 10.0. The van der Waals surface area contributed by atoms with Crippen LogP contribution in [0, 0.1) is 6.92 Å². The number of H-pyrrole nitrogens is 1. The molecule has 1 N–H and O–H groups in total. The van der Waals surface area contributed by atoms with Crippen LogP contribution < -0.4 is 9.64 Å². The molecule has 0 spiro atoms. The molecule has 0 bridgehead atoms. The second-order valence-electron chi connectivity index (χ2n) is 9.24. The number of methoxy groups -OCH3 is 1. The van der Waals surface area contributed by atoms with Gasteiger partial charge >= 0.3 is 6.18 Å². The van der Waals surface area contributed by atoms with Gasteiger partial charge in [-0.15, -0.1) is 0 Å². The maximum absolute atomic E-state index is 13.7. The summed E-state index contributed by atoms with van der Waals surface area (Å²) in [6, 6.07) is 2.23. The van der Waals surface area contributed by atoms with Gasteiger partial charge in [0.2, 0.25) is 0 Å². The average molecular weight is 521 g/mol. The van der Waals surface area contributed by atoms with Gasteiger partial charge in [0.1, 0.15) is 16.3 Å². The third kappa shape index (κ3) is 4.41. The van der Waals surface area contributed by atoms with E-state index in [0.29, 0.717) is 28.0 Å². The molecule has 1 saturated heterocycles. The van der Waals surface area contributed by atoms with Crippen molar-refractivity contribution in [1.82, 2.24) is 34.7 Å². The Morgan fingerprint density at radius 2 is 2.00 bits per heavy atom. The van der Waals surface area contributed by atoms with Gasteiger partial charge in [0, 0.05) is 42.5 Å². The zero-order chi connectivity index (χ0) is 25.8. The van der Waals surface area contributed by atoms with Crippen molar-refractivity contribution in [2.45, 2.75) is 45.5 Å². The van der Waals surface area contributed by atoms with E-state index in [1.807, 2.05) is 6.92 Å². The molecule has 2 atom stereocenters. The quantitative estimate of drug-likeness (QED) is 0.422. The Morgan fingerprint density at radius 3 is 2.72 bits per heavy atom. The number of thiazole rings is 1. The van der Waals surface area contributed by atoms with Gasteiger partial charge in [0.05, 0.1) is 30.6 Å². The van der Waals surface area contributed by atoms with Crippen LogP contribution in [0.2, 0.25) is 0 Å². The molecule has 4 aromatic rings. The second-order valence-corrected chi connectivity index (χ2v) is 10.2. The molecular formula is C23H27F3N8OS. The largest absolute Gasteiger partial charge is 0.493 e. The van der Waals surface area contributed by atoms with Crippen LogP contribution in [0.4, 0.5) is 18.2 Å². The van der Waals surface area contributed by atoms with Gasteiger partial charge in [0.15, 0.2) is 11.4 Å². The van der Waals surface area contributed by atoms with Crippen molar-refractivity contribution in [3.05, 3.63) is 29.8 Å². The minimum atomic E-state index is -4.44. The van der Waals surface area contributed by atoms with Crippen LogP contribution >= 0.6 is 11.3 Å². The molecule has 13 heteroatoms. The summed E-state index contributed by atoms with van der Waals surface area (Å²) >= 11 is 1.39. The predicted octanol–water partition coefficient (Wildman–Crippen LogP) is 4.19. The summed E-state index contributed by atoms with van der Waals surface area (Å²) in [4.78, 5) is 13.4. The number of ether oxygens (including phenoxy) is 1. The average Bonchev–Trinajstić information content (AvgIpc) is 3.53. The van der Waals surface area contributed by atoms with Gasteiger partial charge in [-0.25, -0.2) is 14.5 Å². The standard InChI is InChI=1S/C23H27F3N8OS/c1-12-9-33(13(2)8-32(12)4)22-14(3)29-21(36-22)19-16(7-23(24,25)26)18(30-31-19)15-6-17(35-5)20-27-11-28-34(20)10-15/h6,10-13H,7-9H2,1-5H3,(H,30,31)/t12-,13-/m0/s1. The third-order valence-corrected chi connectivity index (χ3v) is 7.84. The molecule has 0 saturated carbocycles. The van der Waals surface area contributed by atoms with Crippen LogP contribution in [0.25, 0.3) is 27.6 Å². The Bertz CT molecular complexity index is 1390. The fourth-order valence-electron chi connectivity index (χ4n) is 4.67. The molecule has 0 aliphatic carbocycles. The molecule has 0 unspecified atom stereocenters. The fraction of sp³-hybridized carbons (Fsp3) is 0.478. The number of halogens is 3. The molecule has 36 heavy (non-hydrogen) atoms. The molecule has 0 aromatic carbocycles. The number of aromatic nitrogens is 6. The highest BCUT2D eigenvalue weighted by Gasteiger charge is 2.35. The van der Waals surface area contributed by atoms with E-state index in [1.165, 1.54) is 29.3 Å². The summed E-state index contributed by atoms with van der Waals surface area (Å²) in [5.74, 6) is 0.387. The summed E-state index contributed by atoms with van der Waals surface area (Å²) in [5, 5.41) is 12.7. The summed E-state index contributed by atoms with van der Waals surface area (Å²) in [7, 11) is 3.57. The van der Waals surface area contributed by atoms with Gasteiger partial charge in [-0.2, -0.15) is 23.4 Å². The predicted molar refractivity (Wildman–Crippen MR) is 132 cm³/mol. The highest BCUT2D eigenvalue weighted by molar-refractivity contribution is 7.19. The third-order valence-electron chi connectivity index (χ3n) is 6.62. The topological polar surface area (TPSA) is 87.5 Å². The number of anilines is 1. The normalized spacial score (nSPS) is 19.4. The Morgan fingerprint density at radius 1 is 1.22 bits per heavy atom. The van der Waals surface area contributed by atoms with Crippen molar-refractivity contribution < 1.29 is 17.9 Å². The van der Waals surface area contributed by atoms with Crippen molar-refractivity contribution in [2.24, 2.45) is 0 Å². The Balaban J connectivity index is 1.60. The number of piperazine rings is 1. The maximum Gasteiger partial charge on any atom is 0.393 e. The van der Waals surface area contributed by atoms with Gasteiger partial charge in [0.25, 0.3) is 0 Å². The van der Waals surface area contributed by atoms with E-state index in [0.717, 1.165) is 23.8 Å². The number of hydrogen-bond donors (Lipinski definition) is 1. The van der Waals surface area contributed by atoms with Crippen LogP contribution in [-0.4, -0.2) is 80.2 Å². The summed E-state index contributed by atoms with van der Waals surface area (Å²) < 4.78 is 48.1. The molecule has 5 rings (SSSR count). The Labute approximate surface area is 209 Å². The smallest absolute Gasteiger partial charge is 0.393 e. The van der Waals surface area contributed by atoms with Gasteiger partial charge in [-0.05, 0) is 33.9 Å². The first-order valence-corrected chi connectivity index (χ1v) is 12.3. The minimum absolute atomic E-state index is 0.0316. The van der Waals surface area contributed by atoms with E-state index in [-0.39, 0.29) is 23.0 Å². The Kier molecular flexibility index (Phi) is 6.15. The molecule has 1 aliphatic heterocycles. The van der Waals surface area contributed by atoms with Crippen LogP contribution in [0.5, 0.6) is 5.75 Å². The number of fused-ring (bicyclic) bond motifs is 1. The van der Waals surface area contributed by atoms with E-state index in [2.05, 4.69) is 56.0 Å². The first kappa shape index (κ1) is 24.5. The lowest BCUT2D eigenvalue weighted by molar-refractivity contribution is -0.127. The van der Waals surface area contributed by atoms with Crippen LogP contribution in [0.1, 0.15) is 25.1 Å². The molecule has 0 amide bonds. The number of aromatic amines is 1. The summed E-state index contributed by atoms with van der Waals surface area (Å²) in [6.07, 6.45) is -2.64. The number of hydrogen-bond acceptors (Lipinski definition) is 8. The molecule has 0 radical (unpaired) electrons. The molecular weight excluding hydrogens is 493 g/mol. The molecule has 9 nitrogen and oxygen atoms in total. The van der Waals surface area contributed by atoms with Crippen LogP contribution in [0.15, 0.2) is 18.6 Å². The van der Waals surface area contributed by atoms with Crippen molar-refractivity contribution >= 4 is 22.0 Å². The van der Waals surface area contributed by atoms with Crippen molar-refractivity contribution in [1.29, 1.82) is 0 Å². The van der Waals surface area contributed by atoms with Gasteiger partial charge in [-0.3, -0.25) is 10.00 Å². The van der Waals surface area contributed by atoms with E-state index in [1.54, 1.807) is 12.3 Å². The minimum Gasteiger partial charge on any atom is -0.493 e. The lowest BCUT2D eigenvalue weighted by Gasteiger charge is -2.43. The van der Waals surface area contributed by atoms with E-state index in [9.17, 15) is 13.2 Å². The number of rotatable bonds is 5. The number of nitrogens with zero attached hydrogens (tertiary/aromatic N) is 7. The number of aryl methyl sites for hydroxylation is 1. The molecule has 4 aromatic heterocycles. The number of nitrogens with one attached hydrogen (secondary N) is 1. The van der Waals surface area contributed by atoms with Gasteiger partial charge in [-0.1, -0.05) is 11.3 Å². The highest BCUT2D eigenvalue weighted by Crippen LogP contribution is 2.41. The van der Waals surface area contributed by atoms with Crippen LogP contribution in [-0.2, 0) is 6.42 Å². The van der Waals surface area contributed by atoms with Gasteiger partial charge < -0.3 is 9.64 Å². The number of alkyl halides is 3. The molecule has 1 aliphatic rings. The van der Waals surface area contributed by atoms with E-state index in [4.69, 9.17) is 4.74 Å². The van der Waals surface area contributed by atoms with Crippen molar-refractivity contribution in [3.63, 3.8) is 0 Å². The molecule has 5 heterocycles. The Hall–Kier alpha value is -3.19. The van der Waals surface area contributed by atoms with Crippen LogP contribution in [0.3, 0.4) is 0 Å². The van der Waals surface area contributed by atoms with Crippen molar-refractivity contribution in [3.8, 4) is 27.7 Å². The SMILES string of the molecule is COc1cc(-c2n[nH]c(-c3nc(C)c(N4C[C@H](C)N(C)C[C@@H]4C)s3)c2CC(F)(F)F)cn2ncnc12. The molecule has 1 fully saturated rings. The van der Waals surface area contributed by atoms with E-state index < -0.39 is 12.6 Å². The maximum atomic E-state index is 13.7. The highest BCUT2D eigenvalue weighted by atomic mass is 32.1. The molecule has 192 valence electrons. The first-order valence-electron chi connectivity index (χ1n) is 11.5. The summed E-state index contributed by atoms with van der Waals surface area (Å²) in [6.45, 7) is 7.93. The first-order chi connectivity index (χ1) is 17.1. The fourth-order valence-corrected chi connectivity index (χ4v) is 5.87. The van der Waals surface area contributed by atoms with E-state index >= 15 is 0 Å². The van der Waals surface area contributed by atoms with Crippen molar-refractivity contribution in [2.75, 3.05) is 32.1 Å².